The molecular formula is C11H16FN3O. The lowest BCUT2D eigenvalue weighted by molar-refractivity contribution is -0.120. The van der Waals surface area contributed by atoms with Crippen molar-refractivity contribution >= 4 is 17.3 Å². The molecule has 0 aliphatic heterocycles. The van der Waals surface area contributed by atoms with E-state index in [9.17, 15) is 9.18 Å². The molecule has 1 amide bonds. The van der Waals surface area contributed by atoms with Crippen LogP contribution in [-0.4, -0.2) is 26.5 Å². The topological polar surface area (TPSA) is 58.4 Å². The summed E-state index contributed by atoms with van der Waals surface area (Å²) in [4.78, 5) is 12.8. The van der Waals surface area contributed by atoms with Crippen molar-refractivity contribution in [1.29, 1.82) is 0 Å². The van der Waals surface area contributed by atoms with Crippen molar-refractivity contribution in [2.24, 2.45) is 0 Å². The molecule has 1 aromatic carbocycles. The van der Waals surface area contributed by atoms with Crippen molar-refractivity contribution in [3.8, 4) is 0 Å². The minimum Gasteiger partial charge on any atom is -0.397 e. The maximum atomic E-state index is 13.0. The smallest absolute Gasteiger partial charge is 0.221 e. The molecular weight excluding hydrogens is 209 g/mol. The fourth-order valence-electron chi connectivity index (χ4n) is 1.36. The van der Waals surface area contributed by atoms with Crippen LogP contribution in [0.5, 0.6) is 0 Å². The number of benzene rings is 1. The number of hydrogen-bond acceptors (Lipinski definition) is 3. The number of nitrogen functional groups attached to an aromatic ring is 1. The molecule has 0 bridgehead atoms. The first kappa shape index (κ1) is 12.3. The Balaban J connectivity index is 2.68. The number of anilines is 2. The monoisotopic (exact) mass is 225 g/mol. The highest BCUT2D eigenvalue weighted by atomic mass is 19.1. The minimum atomic E-state index is -0.337. The molecule has 0 aliphatic rings. The Morgan fingerprint density at radius 1 is 1.56 bits per heavy atom. The van der Waals surface area contributed by atoms with Gasteiger partial charge in [-0.1, -0.05) is 0 Å². The predicted molar refractivity (Wildman–Crippen MR) is 62.8 cm³/mol. The first-order valence-electron chi connectivity index (χ1n) is 5.01. The Morgan fingerprint density at radius 2 is 2.25 bits per heavy atom. The van der Waals surface area contributed by atoms with Crippen LogP contribution in [0.2, 0.25) is 0 Å². The standard InChI is InChI=1S/C11H16FN3O/c1-14-11(16)5-6-15(2)10-7-8(12)3-4-9(10)13/h3-4,7H,5-6,13H2,1-2H3,(H,14,16). The van der Waals surface area contributed by atoms with Gasteiger partial charge in [-0.05, 0) is 18.2 Å². The quantitative estimate of drug-likeness (QED) is 0.751. The van der Waals surface area contributed by atoms with E-state index in [0.717, 1.165) is 0 Å². The van der Waals surface area contributed by atoms with E-state index in [2.05, 4.69) is 5.32 Å². The van der Waals surface area contributed by atoms with Crippen LogP contribution in [-0.2, 0) is 4.79 Å². The molecule has 0 spiro atoms. The lowest BCUT2D eigenvalue weighted by Crippen LogP contribution is -2.26. The van der Waals surface area contributed by atoms with E-state index in [0.29, 0.717) is 24.3 Å². The van der Waals surface area contributed by atoms with E-state index < -0.39 is 0 Å². The molecule has 0 aliphatic carbocycles. The van der Waals surface area contributed by atoms with Gasteiger partial charge >= 0.3 is 0 Å². The minimum absolute atomic E-state index is 0.0539. The normalized spacial score (nSPS) is 9.94. The number of amides is 1. The summed E-state index contributed by atoms with van der Waals surface area (Å²) >= 11 is 0. The zero-order valence-corrected chi connectivity index (χ0v) is 9.46. The van der Waals surface area contributed by atoms with Crippen molar-refractivity contribution < 1.29 is 9.18 Å². The first-order valence-corrected chi connectivity index (χ1v) is 5.01. The van der Waals surface area contributed by atoms with Crippen molar-refractivity contribution in [3.63, 3.8) is 0 Å². The van der Waals surface area contributed by atoms with Gasteiger partial charge in [-0.25, -0.2) is 4.39 Å². The van der Waals surface area contributed by atoms with Crippen LogP contribution in [0.4, 0.5) is 15.8 Å². The van der Waals surface area contributed by atoms with Gasteiger partial charge < -0.3 is 16.0 Å². The van der Waals surface area contributed by atoms with E-state index in [1.54, 1.807) is 19.0 Å². The van der Waals surface area contributed by atoms with E-state index in [1.165, 1.54) is 18.2 Å². The van der Waals surface area contributed by atoms with Gasteiger partial charge in [0.2, 0.25) is 5.91 Å². The molecule has 0 saturated heterocycles. The van der Waals surface area contributed by atoms with Gasteiger partial charge in [-0.15, -0.1) is 0 Å². The molecule has 0 unspecified atom stereocenters. The maximum Gasteiger partial charge on any atom is 0.221 e. The molecule has 5 heteroatoms. The Labute approximate surface area is 94.2 Å². The Kier molecular flexibility index (Phi) is 4.10. The largest absolute Gasteiger partial charge is 0.397 e. The van der Waals surface area contributed by atoms with Crippen molar-refractivity contribution in [2.45, 2.75) is 6.42 Å². The van der Waals surface area contributed by atoms with Crippen LogP contribution in [0.25, 0.3) is 0 Å². The van der Waals surface area contributed by atoms with Gasteiger partial charge in [0.1, 0.15) is 5.82 Å². The number of nitrogens with one attached hydrogen (secondary N) is 1. The summed E-state index contributed by atoms with van der Waals surface area (Å²) in [6, 6.07) is 4.19. The molecule has 0 aromatic heterocycles. The summed E-state index contributed by atoms with van der Waals surface area (Å²) in [6.07, 6.45) is 0.350. The zero-order chi connectivity index (χ0) is 12.1. The van der Waals surface area contributed by atoms with Crippen molar-refractivity contribution in [2.75, 3.05) is 31.3 Å². The Morgan fingerprint density at radius 3 is 2.88 bits per heavy atom. The molecule has 1 rings (SSSR count). The second-order valence-corrected chi connectivity index (χ2v) is 3.55. The molecule has 0 saturated carbocycles. The third-order valence-corrected chi connectivity index (χ3v) is 2.36. The fourth-order valence-corrected chi connectivity index (χ4v) is 1.36. The Bertz CT molecular complexity index is 381. The van der Waals surface area contributed by atoms with Gasteiger partial charge in [0.15, 0.2) is 0 Å². The Hall–Kier alpha value is -1.78. The van der Waals surface area contributed by atoms with Crippen LogP contribution in [0.15, 0.2) is 18.2 Å². The van der Waals surface area contributed by atoms with Gasteiger partial charge in [0, 0.05) is 27.1 Å². The SMILES string of the molecule is CNC(=O)CCN(C)c1cc(F)ccc1N. The average Bonchev–Trinajstić information content (AvgIpc) is 2.28. The van der Waals surface area contributed by atoms with E-state index in [-0.39, 0.29) is 11.7 Å². The van der Waals surface area contributed by atoms with Gasteiger partial charge in [-0.2, -0.15) is 0 Å². The summed E-state index contributed by atoms with van der Waals surface area (Å²) in [5, 5.41) is 2.53. The van der Waals surface area contributed by atoms with E-state index in [1.807, 2.05) is 0 Å². The number of hydrogen-bond donors (Lipinski definition) is 2. The molecule has 4 nitrogen and oxygen atoms in total. The summed E-state index contributed by atoms with van der Waals surface area (Å²) < 4.78 is 13.0. The molecule has 0 radical (unpaired) electrons. The fraction of sp³-hybridized carbons (Fsp3) is 0.364. The van der Waals surface area contributed by atoms with Gasteiger partial charge in [-0.3, -0.25) is 4.79 Å². The second kappa shape index (κ2) is 5.34. The van der Waals surface area contributed by atoms with Crippen LogP contribution < -0.4 is 16.0 Å². The molecule has 1 aromatic rings. The number of nitrogens with zero attached hydrogens (tertiary/aromatic N) is 1. The molecule has 16 heavy (non-hydrogen) atoms. The van der Waals surface area contributed by atoms with Crippen molar-refractivity contribution in [3.05, 3.63) is 24.0 Å². The summed E-state index contributed by atoms with van der Waals surface area (Å²) in [7, 11) is 3.35. The lowest BCUT2D eigenvalue weighted by Gasteiger charge is -2.20. The van der Waals surface area contributed by atoms with E-state index >= 15 is 0 Å². The van der Waals surface area contributed by atoms with Gasteiger partial charge in [0.25, 0.3) is 0 Å². The molecule has 88 valence electrons. The highest BCUT2D eigenvalue weighted by Crippen LogP contribution is 2.22. The number of carbonyl (C=O) groups excluding carboxylic acids is 1. The van der Waals surface area contributed by atoms with Gasteiger partial charge in [0.05, 0.1) is 11.4 Å². The average molecular weight is 225 g/mol. The van der Waals surface area contributed by atoms with Crippen LogP contribution >= 0.6 is 0 Å². The second-order valence-electron chi connectivity index (χ2n) is 3.55. The van der Waals surface area contributed by atoms with Crippen LogP contribution in [0.3, 0.4) is 0 Å². The third-order valence-electron chi connectivity index (χ3n) is 2.36. The highest BCUT2D eigenvalue weighted by molar-refractivity contribution is 5.76. The maximum absolute atomic E-state index is 13.0. The first-order chi connectivity index (χ1) is 7.54. The summed E-state index contributed by atoms with van der Waals surface area (Å²) in [6.45, 7) is 0.493. The number of rotatable bonds is 4. The molecule has 3 N–H and O–H groups in total. The number of halogens is 1. The zero-order valence-electron chi connectivity index (χ0n) is 9.46. The third kappa shape index (κ3) is 3.12. The highest BCUT2D eigenvalue weighted by Gasteiger charge is 2.08. The summed E-state index contributed by atoms with van der Waals surface area (Å²) in [5.41, 5.74) is 6.82. The lowest BCUT2D eigenvalue weighted by atomic mass is 10.2. The van der Waals surface area contributed by atoms with Crippen molar-refractivity contribution in [1.82, 2.24) is 5.32 Å². The summed E-state index contributed by atoms with van der Waals surface area (Å²) in [5.74, 6) is -0.391. The molecule has 0 atom stereocenters. The molecule has 0 fully saturated rings. The van der Waals surface area contributed by atoms with Crippen LogP contribution in [0.1, 0.15) is 6.42 Å². The predicted octanol–water partition coefficient (Wildman–Crippen LogP) is 0.980. The van der Waals surface area contributed by atoms with Crippen LogP contribution in [0, 0.1) is 5.82 Å². The molecule has 0 heterocycles. The van der Waals surface area contributed by atoms with E-state index in [4.69, 9.17) is 5.73 Å². The number of nitrogens with two attached hydrogens (primary N) is 1. The number of carbonyl (C=O) groups is 1.